The number of rotatable bonds is 2. The third kappa shape index (κ3) is 1.96. The number of nitrogens with zero attached hydrogens (tertiary/aromatic N) is 2. The van der Waals surface area contributed by atoms with Gasteiger partial charge in [-0.3, -0.25) is 9.59 Å². The summed E-state index contributed by atoms with van der Waals surface area (Å²) in [6.45, 7) is 5.58. The number of piperazine rings is 1. The van der Waals surface area contributed by atoms with E-state index in [9.17, 15) is 9.59 Å². The highest BCUT2D eigenvalue weighted by Gasteiger charge is 2.47. The Kier molecular flexibility index (Phi) is 3.27. The number of fused-ring (bicyclic) bond motifs is 1. The molecule has 3 fully saturated rings. The van der Waals surface area contributed by atoms with Crippen LogP contribution in [0, 0.1) is 11.8 Å². The van der Waals surface area contributed by atoms with Gasteiger partial charge in [0.1, 0.15) is 12.6 Å². The van der Waals surface area contributed by atoms with E-state index in [1.54, 1.807) is 4.90 Å². The predicted molar refractivity (Wildman–Crippen MR) is 72.4 cm³/mol. The summed E-state index contributed by atoms with van der Waals surface area (Å²) in [6.07, 6.45) is 5.30. The highest BCUT2D eigenvalue weighted by atomic mass is 16.2. The molecule has 1 aliphatic carbocycles. The van der Waals surface area contributed by atoms with Crippen LogP contribution in [0.3, 0.4) is 0 Å². The summed E-state index contributed by atoms with van der Waals surface area (Å²) in [5, 5.41) is 0. The van der Waals surface area contributed by atoms with E-state index in [0.29, 0.717) is 18.5 Å². The first-order valence-corrected chi connectivity index (χ1v) is 7.73. The normalized spacial score (nSPS) is 39.1. The van der Waals surface area contributed by atoms with Gasteiger partial charge in [-0.2, -0.15) is 0 Å². The second kappa shape index (κ2) is 4.80. The van der Waals surface area contributed by atoms with Gasteiger partial charge >= 0.3 is 0 Å². The summed E-state index contributed by atoms with van der Waals surface area (Å²) in [5.74, 6) is 1.63. The van der Waals surface area contributed by atoms with Crippen molar-refractivity contribution in [2.24, 2.45) is 11.8 Å². The van der Waals surface area contributed by atoms with Gasteiger partial charge in [0.25, 0.3) is 0 Å². The van der Waals surface area contributed by atoms with Crippen molar-refractivity contribution in [2.75, 3.05) is 13.1 Å². The van der Waals surface area contributed by atoms with Crippen LogP contribution < -0.4 is 0 Å². The fraction of sp³-hybridized carbons (Fsp3) is 0.867. The lowest BCUT2D eigenvalue weighted by atomic mass is 9.92. The van der Waals surface area contributed by atoms with Crippen LogP contribution in [0.5, 0.6) is 0 Å². The van der Waals surface area contributed by atoms with E-state index in [1.807, 2.05) is 4.90 Å². The molecule has 3 rings (SSSR count). The lowest BCUT2D eigenvalue weighted by Crippen LogP contribution is -2.60. The Morgan fingerprint density at radius 2 is 1.95 bits per heavy atom. The van der Waals surface area contributed by atoms with Gasteiger partial charge in [-0.15, -0.1) is 0 Å². The molecule has 2 heterocycles. The summed E-state index contributed by atoms with van der Waals surface area (Å²) < 4.78 is 0. The molecule has 106 valence electrons. The van der Waals surface area contributed by atoms with Crippen LogP contribution in [0.1, 0.15) is 46.0 Å². The van der Waals surface area contributed by atoms with Crippen LogP contribution in [0.4, 0.5) is 0 Å². The minimum atomic E-state index is -0.144. The molecular formula is C15H24N2O2. The zero-order valence-corrected chi connectivity index (χ0v) is 12.0. The molecule has 1 saturated carbocycles. The highest BCUT2D eigenvalue weighted by Crippen LogP contribution is 2.38. The summed E-state index contributed by atoms with van der Waals surface area (Å²) in [6, 6.07) is 0.151. The maximum Gasteiger partial charge on any atom is 0.246 e. The van der Waals surface area contributed by atoms with Crippen LogP contribution in [-0.2, 0) is 9.59 Å². The van der Waals surface area contributed by atoms with Crippen LogP contribution in [0.15, 0.2) is 0 Å². The first-order chi connectivity index (χ1) is 9.13. The van der Waals surface area contributed by atoms with Crippen molar-refractivity contribution in [3.63, 3.8) is 0 Å². The first kappa shape index (κ1) is 12.9. The van der Waals surface area contributed by atoms with Gasteiger partial charge in [0.2, 0.25) is 11.8 Å². The Morgan fingerprint density at radius 3 is 2.63 bits per heavy atom. The molecule has 0 bridgehead atoms. The average Bonchev–Trinajstić information content (AvgIpc) is 3.01. The van der Waals surface area contributed by atoms with Crippen molar-refractivity contribution in [2.45, 2.75) is 58.0 Å². The number of carbonyl (C=O) groups is 2. The van der Waals surface area contributed by atoms with Gasteiger partial charge in [-0.05, 0) is 37.5 Å². The molecule has 4 heteroatoms. The molecule has 0 radical (unpaired) electrons. The van der Waals surface area contributed by atoms with Gasteiger partial charge in [0, 0.05) is 12.6 Å². The average molecular weight is 264 g/mol. The lowest BCUT2D eigenvalue weighted by molar-refractivity contribution is -0.156. The molecule has 19 heavy (non-hydrogen) atoms. The van der Waals surface area contributed by atoms with E-state index in [2.05, 4.69) is 13.8 Å². The largest absolute Gasteiger partial charge is 0.329 e. The molecule has 0 aromatic carbocycles. The standard InChI is InChI=1S/C15H24N2O2/c1-3-11-6-7-12(10(11)2)17-9-14(18)16-8-4-5-13(16)15(17)19/h10-13H,3-9H2,1-2H3. The monoisotopic (exact) mass is 264 g/mol. The second-order valence-electron chi connectivity index (χ2n) is 6.38. The van der Waals surface area contributed by atoms with Gasteiger partial charge in [0.15, 0.2) is 0 Å². The fourth-order valence-corrected chi connectivity index (χ4v) is 4.35. The predicted octanol–water partition coefficient (Wildman–Crippen LogP) is 1.64. The summed E-state index contributed by atoms with van der Waals surface area (Å²) in [5.41, 5.74) is 0. The third-order valence-electron chi connectivity index (χ3n) is 5.56. The highest BCUT2D eigenvalue weighted by molar-refractivity contribution is 5.95. The zero-order chi connectivity index (χ0) is 13.6. The molecule has 0 aromatic rings. The van der Waals surface area contributed by atoms with E-state index in [1.165, 1.54) is 12.8 Å². The minimum absolute atomic E-state index is 0.144. The van der Waals surface area contributed by atoms with Crippen molar-refractivity contribution in [3.8, 4) is 0 Å². The molecule has 2 saturated heterocycles. The topological polar surface area (TPSA) is 40.6 Å². The molecule has 0 aromatic heterocycles. The second-order valence-corrected chi connectivity index (χ2v) is 6.38. The molecular weight excluding hydrogens is 240 g/mol. The molecule has 0 spiro atoms. The Bertz CT molecular complexity index is 396. The summed E-state index contributed by atoms with van der Waals surface area (Å²) in [7, 11) is 0. The van der Waals surface area contributed by atoms with E-state index in [0.717, 1.165) is 31.7 Å². The number of amides is 2. The van der Waals surface area contributed by atoms with Crippen LogP contribution in [0.25, 0.3) is 0 Å². The molecule has 3 aliphatic rings. The Morgan fingerprint density at radius 1 is 1.16 bits per heavy atom. The van der Waals surface area contributed by atoms with E-state index >= 15 is 0 Å². The molecule has 4 atom stereocenters. The molecule has 4 unspecified atom stereocenters. The molecule has 2 aliphatic heterocycles. The maximum absolute atomic E-state index is 12.6. The third-order valence-corrected chi connectivity index (χ3v) is 5.56. The van der Waals surface area contributed by atoms with Gasteiger partial charge in [-0.1, -0.05) is 20.3 Å². The quantitative estimate of drug-likeness (QED) is 0.761. The van der Waals surface area contributed by atoms with Crippen molar-refractivity contribution in [1.29, 1.82) is 0 Å². The van der Waals surface area contributed by atoms with E-state index < -0.39 is 0 Å². The van der Waals surface area contributed by atoms with Crippen LogP contribution >= 0.6 is 0 Å². The lowest BCUT2D eigenvalue weighted by Gasteiger charge is -2.41. The van der Waals surface area contributed by atoms with Crippen molar-refractivity contribution < 1.29 is 9.59 Å². The van der Waals surface area contributed by atoms with E-state index in [4.69, 9.17) is 0 Å². The Balaban J connectivity index is 1.78. The van der Waals surface area contributed by atoms with Crippen molar-refractivity contribution in [1.82, 2.24) is 9.80 Å². The smallest absolute Gasteiger partial charge is 0.246 e. The van der Waals surface area contributed by atoms with Crippen molar-refractivity contribution >= 4 is 11.8 Å². The summed E-state index contributed by atoms with van der Waals surface area (Å²) >= 11 is 0. The van der Waals surface area contributed by atoms with Gasteiger partial charge < -0.3 is 9.80 Å². The van der Waals surface area contributed by atoms with E-state index in [-0.39, 0.29) is 17.9 Å². The number of carbonyl (C=O) groups excluding carboxylic acids is 2. The van der Waals surface area contributed by atoms with Gasteiger partial charge in [-0.25, -0.2) is 0 Å². The molecule has 0 N–H and O–H groups in total. The molecule has 4 nitrogen and oxygen atoms in total. The summed E-state index contributed by atoms with van der Waals surface area (Å²) in [4.78, 5) is 28.5. The van der Waals surface area contributed by atoms with Gasteiger partial charge in [0.05, 0.1) is 0 Å². The molecule has 2 amide bonds. The van der Waals surface area contributed by atoms with Crippen LogP contribution in [0.2, 0.25) is 0 Å². The zero-order valence-electron chi connectivity index (χ0n) is 12.0. The number of hydrogen-bond acceptors (Lipinski definition) is 2. The minimum Gasteiger partial charge on any atom is -0.329 e. The fourth-order valence-electron chi connectivity index (χ4n) is 4.35. The Hall–Kier alpha value is -1.06. The maximum atomic E-state index is 12.6. The number of hydrogen-bond donors (Lipinski definition) is 0. The van der Waals surface area contributed by atoms with Crippen molar-refractivity contribution in [3.05, 3.63) is 0 Å². The van der Waals surface area contributed by atoms with Crippen LogP contribution in [-0.4, -0.2) is 46.8 Å². The first-order valence-electron chi connectivity index (χ1n) is 7.73. The SMILES string of the molecule is CCC1CCC(N2CC(=O)N3CCCC3C2=O)C1C. The Labute approximate surface area is 115 Å².